The highest BCUT2D eigenvalue weighted by Gasteiger charge is 2.43. The molecular weight excluding hydrogens is 296 g/mol. The zero-order valence-corrected chi connectivity index (χ0v) is 14.4. The van der Waals surface area contributed by atoms with E-state index in [0.29, 0.717) is 12.2 Å². The number of thioether (sulfide) groups is 1. The van der Waals surface area contributed by atoms with Gasteiger partial charge < -0.3 is 10.4 Å². The van der Waals surface area contributed by atoms with Gasteiger partial charge in [0, 0.05) is 17.8 Å². The SMILES string of the molecule is O=C(NCC1(N2CCCCC2)CCCCC1)C1(O)CCSC1. The highest BCUT2D eigenvalue weighted by Crippen LogP contribution is 2.35. The van der Waals surface area contributed by atoms with Crippen LogP contribution in [0, 0.1) is 0 Å². The maximum absolute atomic E-state index is 12.4. The Morgan fingerprint density at radius 2 is 1.73 bits per heavy atom. The van der Waals surface area contributed by atoms with Crippen molar-refractivity contribution in [2.75, 3.05) is 31.1 Å². The van der Waals surface area contributed by atoms with Crippen molar-refractivity contribution in [2.45, 2.75) is 68.9 Å². The molecule has 22 heavy (non-hydrogen) atoms. The van der Waals surface area contributed by atoms with Crippen LogP contribution in [-0.2, 0) is 4.79 Å². The molecule has 1 atom stereocenters. The van der Waals surface area contributed by atoms with Crippen LogP contribution < -0.4 is 5.32 Å². The summed E-state index contributed by atoms with van der Waals surface area (Å²) in [6.45, 7) is 3.07. The molecule has 1 saturated carbocycles. The Labute approximate surface area is 138 Å². The summed E-state index contributed by atoms with van der Waals surface area (Å²) in [6.07, 6.45) is 10.8. The molecule has 4 nitrogen and oxygen atoms in total. The number of rotatable bonds is 4. The Bertz CT molecular complexity index is 384. The minimum absolute atomic E-state index is 0.139. The van der Waals surface area contributed by atoms with Crippen LogP contribution in [0.3, 0.4) is 0 Å². The van der Waals surface area contributed by atoms with E-state index in [1.807, 2.05) is 0 Å². The second-order valence-electron chi connectivity index (χ2n) is 7.35. The van der Waals surface area contributed by atoms with Crippen molar-refractivity contribution in [2.24, 2.45) is 0 Å². The molecule has 2 N–H and O–H groups in total. The van der Waals surface area contributed by atoms with Crippen LogP contribution in [0.15, 0.2) is 0 Å². The van der Waals surface area contributed by atoms with Gasteiger partial charge >= 0.3 is 0 Å². The third-order valence-corrected chi connectivity index (χ3v) is 6.99. The number of carbonyl (C=O) groups excluding carboxylic acids is 1. The van der Waals surface area contributed by atoms with Crippen molar-refractivity contribution in [3.8, 4) is 0 Å². The molecule has 0 spiro atoms. The summed E-state index contributed by atoms with van der Waals surface area (Å²) in [4.78, 5) is 15.1. The number of piperidine rings is 1. The van der Waals surface area contributed by atoms with Gasteiger partial charge in [0.15, 0.2) is 5.60 Å². The summed E-state index contributed by atoms with van der Waals surface area (Å²) in [5.41, 5.74) is -0.973. The average molecular weight is 327 g/mol. The van der Waals surface area contributed by atoms with E-state index >= 15 is 0 Å². The normalized spacial score (nSPS) is 32.8. The van der Waals surface area contributed by atoms with Crippen molar-refractivity contribution >= 4 is 17.7 Å². The summed E-state index contributed by atoms with van der Waals surface area (Å²) >= 11 is 1.68. The second-order valence-corrected chi connectivity index (χ2v) is 8.45. The number of nitrogens with one attached hydrogen (secondary N) is 1. The molecule has 3 fully saturated rings. The molecule has 1 aliphatic carbocycles. The minimum atomic E-state index is -1.12. The van der Waals surface area contributed by atoms with E-state index in [1.165, 1.54) is 64.5 Å². The molecule has 0 bridgehead atoms. The number of hydrogen-bond acceptors (Lipinski definition) is 4. The minimum Gasteiger partial charge on any atom is -0.379 e. The largest absolute Gasteiger partial charge is 0.379 e. The number of carbonyl (C=O) groups is 1. The first kappa shape index (κ1) is 16.6. The molecule has 1 unspecified atom stereocenters. The highest BCUT2D eigenvalue weighted by atomic mass is 32.2. The predicted octanol–water partition coefficient (Wildman–Crippen LogP) is 2.16. The van der Waals surface area contributed by atoms with Crippen LogP contribution in [0.25, 0.3) is 0 Å². The van der Waals surface area contributed by atoms with E-state index in [-0.39, 0.29) is 11.4 Å². The van der Waals surface area contributed by atoms with E-state index in [9.17, 15) is 9.90 Å². The molecule has 1 amide bonds. The summed E-state index contributed by atoms with van der Waals surface area (Å²) in [5, 5.41) is 13.6. The topological polar surface area (TPSA) is 52.6 Å². The second kappa shape index (κ2) is 7.10. The Morgan fingerprint density at radius 1 is 1.05 bits per heavy atom. The van der Waals surface area contributed by atoms with Crippen molar-refractivity contribution in [3.05, 3.63) is 0 Å². The molecule has 2 heterocycles. The standard InChI is InChI=1S/C17H30N2O2S/c20-15(17(21)9-12-22-14-17)18-13-16(7-3-1-4-8-16)19-10-5-2-6-11-19/h21H,1-14H2,(H,18,20). The number of aliphatic hydroxyl groups is 1. The number of hydrogen-bond donors (Lipinski definition) is 2. The van der Waals surface area contributed by atoms with E-state index in [0.717, 1.165) is 12.3 Å². The monoisotopic (exact) mass is 326 g/mol. The third kappa shape index (κ3) is 3.46. The summed E-state index contributed by atoms with van der Waals surface area (Å²) < 4.78 is 0. The zero-order chi connectivity index (χ0) is 15.5. The molecule has 0 aromatic rings. The van der Waals surface area contributed by atoms with Gasteiger partial charge in [-0.1, -0.05) is 25.7 Å². The number of amides is 1. The van der Waals surface area contributed by atoms with Crippen LogP contribution >= 0.6 is 11.8 Å². The maximum atomic E-state index is 12.4. The van der Waals surface area contributed by atoms with Gasteiger partial charge in [-0.05, 0) is 50.9 Å². The fraction of sp³-hybridized carbons (Fsp3) is 0.941. The van der Waals surface area contributed by atoms with E-state index in [4.69, 9.17) is 0 Å². The first-order valence-electron chi connectivity index (χ1n) is 8.98. The molecule has 0 radical (unpaired) electrons. The lowest BCUT2D eigenvalue weighted by Crippen LogP contribution is -2.60. The van der Waals surface area contributed by atoms with Gasteiger partial charge in [-0.2, -0.15) is 11.8 Å². The summed E-state index contributed by atoms with van der Waals surface area (Å²) in [7, 11) is 0. The highest BCUT2D eigenvalue weighted by molar-refractivity contribution is 7.99. The Balaban J connectivity index is 1.63. The third-order valence-electron chi connectivity index (χ3n) is 5.81. The molecule has 0 aromatic heterocycles. The van der Waals surface area contributed by atoms with Crippen molar-refractivity contribution in [1.29, 1.82) is 0 Å². The molecule has 3 rings (SSSR count). The molecule has 2 aliphatic heterocycles. The van der Waals surface area contributed by atoms with Crippen molar-refractivity contribution < 1.29 is 9.90 Å². The van der Waals surface area contributed by atoms with Gasteiger partial charge in [0.2, 0.25) is 0 Å². The van der Waals surface area contributed by atoms with Crippen LogP contribution in [0.1, 0.15) is 57.8 Å². The lowest BCUT2D eigenvalue weighted by atomic mass is 9.79. The van der Waals surface area contributed by atoms with Crippen LogP contribution in [0.5, 0.6) is 0 Å². The quantitative estimate of drug-likeness (QED) is 0.831. The van der Waals surface area contributed by atoms with Gasteiger partial charge in [0.1, 0.15) is 0 Å². The first-order valence-corrected chi connectivity index (χ1v) is 10.1. The van der Waals surface area contributed by atoms with Crippen LogP contribution in [0.2, 0.25) is 0 Å². The Kier molecular flexibility index (Phi) is 5.35. The van der Waals surface area contributed by atoms with Gasteiger partial charge in [-0.3, -0.25) is 9.69 Å². The first-order chi connectivity index (χ1) is 10.6. The predicted molar refractivity (Wildman–Crippen MR) is 91.1 cm³/mol. The molecule has 0 aromatic carbocycles. The number of likely N-dealkylation sites (tertiary alicyclic amines) is 1. The van der Waals surface area contributed by atoms with E-state index in [1.54, 1.807) is 11.8 Å². The van der Waals surface area contributed by atoms with E-state index < -0.39 is 5.60 Å². The lowest BCUT2D eigenvalue weighted by molar-refractivity contribution is -0.138. The van der Waals surface area contributed by atoms with Gasteiger partial charge in [0.05, 0.1) is 0 Å². The fourth-order valence-electron chi connectivity index (χ4n) is 4.33. The Morgan fingerprint density at radius 3 is 2.36 bits per heavy atom. The molecule has 2 saturated heterocycles. The molecular formula is C17H30N2O2S. The lowest BCUT2D eigenvalue weighted by Gasteiger charge is -2.48. The molecule has 126 valence electrons. The Hall–Kier alpha value is -0.260. The summed E-state index contributed by atoms with van der Waals surface area (Å²) in [6, 6.07) is 0. The summed E-state index contributed by atoms with van der Waals surface area (Å²) in [5.74, 6) is 1.30. The van der Waals surface area contributed by atoms with Gasteiger partial charge in [-0.25, -0.2) is 0 Å². The average Bonchev–Trinajstić information content (AvgIpc) is 3.02. The molecule has 3 aliphatic rings. The smallest absolute Gasteiger partial charge is 0.252 e. The fourth-order valence-corrected chi connectivity index (χ4v) is 5.57. The van der Waals surface area contributed by atoms with Crippen LogP contribution in [-0.4, -0.2) is 58.2 Å². The van der Waals surface area contributed by atoms with E-state index in [2.05, 4.69) is 10.2 Å². The van der Waals surface area contributed by atoms with Crippen LogP contribution in [0.4, 0.5) is 0 Å². The number of nitrogens with zero attached hydrogens (tertiary/aromatic N) is 1. The van der Waals surface area contributed by atoms with Crippen molar-refractivity contribution in [3.63, 3.8) is 0 Å². The zero-order valence-electron chi connectivity index (χ0n) is 13.6. The molecule has 5 heteroatoms. The van der Waals surface area contributed by atoms with Gasteiger partial charge in [0.25, 0.3) is 5.91 Å². The van der Waals surface area contributed by atoms with Gasteiger partial charge in [-0.15, -0.1) is 0 Å². The van der Waals surface area contributed by atoms with Crippen molar-refractivity contribution in [1.82, 2.24) is 10.2 Å². The maximum Gasteiger partial charge on any atom is 0.252 e.